The van der Waals surface area contributed by atoms with Crippen LogP contribution in [0.1, 0.15) is 37.9 Å². The van der Waals surface area contributed by atoms with Crippen LogP contribution in [-0.4, -0.2) is 37.0 Å². The smallest absolute Gasteiger partial charge is 0.318 e. The molecular weight excluding hydrogens is 280 g/mol. The number of hydrogen-bond donors (Lipinski definition) is 1. The van der Waals surface area contributed by atoms with E-state index in [0.29, 0.717) is 13.1 Å². The van der Waals surface area contributed by atoms with Gasteiger partial charge in [-0.15, -0.1) is 0 Å². The predicted molar refractivity (Wildman–Crippen MR) is 84.1 cm³/mol. The Bertz CT molecular complexity index is 617. The zero-order chi connectivity index (χ0) is 16.1. The maximum atomic E-state index is 12.4. The Balaban J connectivity index is 1.96. The van der Waals surface area contributed by atoms with E-state index in [1.165, 1.54) is 0 Å². The van der Waals surface area contributed by atoms with Gasteiger partial charge in [-0.3, -0.25) is 9.36 Å². The van der Waals surface area contributed by atoms with Crippen molar-refractivity contribution in [2.24, 2.45) is 7.05 Å². The molecule has 0 bridgehead atoms. The van der Waals surface area contributed by atoms with E-state index in [-0.39, 0.29) is 12.1 Å². The Morgan fingerprint density at radius 1 is 1.32 bits per heavy atom. The fourth-order valence-electron chi connectivity index (χ4n) is 2.23. The molecule has 1 atom stereocenters. The van der Waals surface area contributed by atoms with Crippen LogP contribution < -0.4 is 5.32 Å². The largest absolute Gasteiger partial charge is 0.331 e. The van der Waals surface area contributed by atoms with Gasteiger partial charge < -0.3 is 10.2 Å². The maximum absolute atomic E-state index is 12.4. The summed E-state index contributed by atoms with van der Waals surface area (Å²) in [5.41, 5.74) is 2.03. The van der Waals surface area contributed by atoms with Gasteiger partial charge in [0.1, 0.15) is 0 Å². The third kappa shape index (κ3) is 3.87. The van der Waals surface area contributed by atoms with Crippen LogP contribution in [0.5, 0.6) is 0 Å². The Labute approximate surface area is 130 Å². The second-order valence-electron chi connectivity index (χ2n) is 5.34. The van der Waals surface area contributed by atoms with E-state index in [9.17, 15) is 4.79 Å². The Morgan fingerprint density at radius 2 is 2.09 bits per heavy atom. The van der Waals surface area contributed by atoms with Crippen LogP contribution in [0.2, 0.25) is 0 Å². The first-order chi connectivity index (χ1) is 10.5. The highest BCUT2D eigenvalue weighted by Gasteiger charge is 2.17. The Hall–Kier alpha value is -2.31. The molecule has 0 aliphatic rings. The van der Waals surface area contributed by atoms with Crippen molar-refractivity contribution in [3.63, 3.8) is 0 Å². The molecule has 2 rings (SSSR count). The summed E-state index contributed by atoms with van der Waals surface area (Å²) < 4.78 is 3.59. The molecule has 1 unspecified atom stereocenters. The third-order valence-corrected chi connectivity index (χ3v) is 3.62. The lowest BCUT2D eigenvalue weighted by Crippen LogP contribution is -2.40. The van der Waals surface area contributed by atoms with E-state index in [2.05, 4.69) is 15.5 Å². The molecule has 0 aromatic carbocycles. The zero-order valence-electron chi connectivity index (χ0n) is 13.7. The quantitative estimate of drug-likeness (QED) is 0.886. The summed E-state index contributed by atoms with van der Waals surface area (Å²) in [7, 11) is 1.86. The first kappa shape index (κ1) is 16.1. The number of nitrogens with one attached hydrogen (secondary N) is 1. The highest BCUT2D eigenvalue weighted by molar-refractivity contribution is 5.74. The summed E-state index contributed by atoms with van der Waals surface area (Å²) in [6, 6.07) is -0.156. The van der Waals surface area contributed by atoms with Gasteiger partial charge in [-0.2, -0.15) is 10.2 Å². The third-order valence-electron chi connectivity index (χ3n) is 3.62. The van der Waals surface area contributed by atoms with Crippen LogP contribution >= 0.6 is 0 Å². The van der Waals surface area contributed by atoms with E-state index in [1.807, 2.05) is 51.1 Å². The average molecular weight is 304 g/mol. The monoisotopic (exact) mass is 304 g/mol. The van der Waals surface area contributed by atoms with E-state index >= 15 is 0 Å². The van der Waals surface area contributed by atoms with E-state index in [0.717, 1.165) is 17.7 Å². The molecule has 0 fully saturated rings. The fraction of sp³-hybridized carbons (Fsp3) is 0.533. The van der Waals surface area contributed by atoms with Crippen molar-refractivity contribution in [2.75, 3.05) is 6.54 Å². The lowest BCUT2D eigenvalue weighted by atomic mass is 10.2. The molecule has 0 radical (unpaired) electrons. The van der Waals surface area contributed by atoms with Crippen molar-refractivity contribution in [3.05, 3.63) is 35.9 Å². The number of aryl methyl sites for hydroxylation is 2. The molecule has 2 aromatic heterocycles. The van der Waals surface area contributed by atoms with Crippen molar-refractivity contribution in [2.45, 2.75) is 39.9 Å². The second-order valence-corrected chi connectivity index (χ2v) is 5.34. The molecule has 0 saturated heterocycles. The number of carbonyl (C=O) groups excluding carboxylic acids is 1. The van der Waals surface area contributed by atoms with Gasteiger partial charge in [-0.25, -0.2) is 4.79 Å². The first-order valence-corrected chi connectivity index (χ1v) is 7.58. The summed E-state index contributed by atoms with van der Waals surface area (Å²) in [5, 5.41) is 11.4. The summed E-state index contributed by atoms with van der Waals surface area (Å²) in [4.78, 5) is 14.2. The van der Waals surface area contributed by atoms with Crippen molar-refractivity contribution >= 4 is 6.03 Å². The van der Waals surface area contributed by atoms with Gasteiger partial charge in [0.2, 0.25) is 0 Å². The summed E-state index contributed by atoms with van der Waals surface area (Å²) in [6.07, 6.45) is 7.46. The number of urea groups is 1. The van der Waals surface area contributed by atoms with E-state index in [1.54, 1.807) is 15.8 Å². The van der Waals surface area contributed by atoms with Crippen molar-refractivity contribution in [1.82, 2.24) is 29.8 Å². The number of carbonyl (C=O) groups is 1. The normalized spacial score (nSPS) is 12.2. The molecule has 7 nitrogen and oxygen atoms in total. The topological polar surface area (TPSA) is 68.0 Å². The minimum atomic E-state index is -0.0805. The SMILES string of the molecule is CCN(Cc1cnn(CC)c1)C(=O)NC(C)c1cnn(C)c1. The number of rotatable bonds is 6. The van der Waals surface area contributed by atoms with Gasteiger partial charge in [0, 0.05) is 43.7 Å². The van der Waals surface area contributed by atoms with Crippen LogP contribution in [0.4, 0.5) is 4.79 Å². The van der Waals surface area contributed by atoms with E-state index < -0.39 is 0 Å². The Morgan fingerprint density at radius 3 is 2.64 bits per heavy atom. The number of aromatic nitrogens is 4. The van der Waals surface area contributed by atoms with Gasteiger partial charge in [-0.05, 0) is 20.8 Å². The van der Waals surface area contributed by atoms with E-state index in [4.69, 9.17) is 0 Å². The van der Waals surface area contributed by atoms with Crippen LogP contribution in [-0.2, 0) is 20.1 Å². The minimum Gasteiger partial charge on any atom is -0.331 e. The molecule has 0 spiro atoms. The molecular formula is C15H24N6O. The van der Waals surface area contributed by atoms with Gasteiger partial charge in [0.25, 0.3) is 0 Å². The highest BCUT2D eigenvalue weighted by atomic mass is 16.2. The molecule has 2 aromatic rings. The number of nitrogens with zero attached hydrogens (tertiary/aromatic N) is 5. The fourth-order valence-corrected chi connectivity index (χ4v) is 2.23. The lowest BCUT2D eigenvalue weighted by Gasteiger charge is -2.23. The molecule has 22 heavy (non-hydrogen) atoms. The van der Waals surface area contributed by atoms with Crippen molar-refractivity contribution in [3.8, 4) is 0 Å². The molecule has 7 heteroatoms. The van der Waals surface area contributed by atoms with Crippen molar-refractivity contribution in [1.29, 1.82) is 0 Å². The molecule has 120 valence electrons. The summed E-state index contributed by atoms with van der Waals surface area (Å²) in [6.45, 7) is 7.99. The summed E-state index contributed by atoms with van der Waals surface area (Å²) in [5.74, 6) is 0. The van der Waals surface area contributed by atoms with Crippen LogP contribution in [0.3, 0.4) is 0 Å². The minimum absolute atomic E-state index is 0.0754. The van der Waals surface area contributed by atoms with Gasteiger partial charge >= 0.3 is 6.03 Å². The molecule has 1 N–H and O–H groups in total. The molecule has 0 aliphatic carbocycles. The predicted octanol–water partition coefficient (Wildman–Crippen LogP) is 1.93. The highest BCUT2D eigenvalue weighted by Crippen LogP contribution is 2.12. The van der Waals surface area contributed by atoms with Crippen LogP contribution in [0.25, 0.3) is 0 Å². The summed E-state index contributed by atoms with van der Waals surface area (Å²) >= 11 is 0. The molecule has 0 saturated carbocycles. The van der Waals surface area contributed by atoms with Crippen molar-refractivity contribution < 1.29 is 4.79 Å². The number of hydrogen-bond acceptors (Lipinski definition) is 3. The second kappa shape index (κ2) is 7.11. The average Bonchev–Trinajstić information content (AvgIpc) is 3.13. The first-order valence-electron chi connectivity index (χ1n) is 7.58. The molecule has 2 amide bonds. The van der Waals surface area contributed by atoms with Gasteiger partial charge in [0.15, 0.2) is 0 Å². The lowest BCUT2D eigenvalue weighted by molar-refractivity contribution is 0.195. The standard InChI is InChI=1S/C15H24N6O/c1-5-20(9-13-7-17-21(6-2)10-13)15(22)18-12(3)14-8-16-19(4)11-14/h7-8,10-12H,5-6,9H2,1-4H3,(H,18,22). The van der Waals surface area contributed by atoms with Crippen LogP contribution in [0.15, 0.2) is 24.8 Å². The van der Waals surface area contributed by atoms with Crippen LogP contribution in [0, 0.1) is 0 Å². The maximum Gasteiger partial charge on any atom is 0.318 e. The molecule has 2 heterocycles. The van der Waals surface area contributed by atoms with Gasteiger partial charge in [0.05, 0.1) is 25.0 Å². The van der Waals surface area contributed by atoms with Gasteiger partial charge in [-0.1, -0.05) is 0 Å². The Kier molecular flexibility index (Phi) is 5.19. The number of amides is 2. The molecule has 0 aliphatic heterocycles. The zero-order valence-corrected chi connectivity index (χ0v) is 13.7.